The Morgan fingerprint density at radius 3 is 2.94 bits per heavy atom. The van der Waals surface area contributed by atoms with Crippen molar-refractivity contribution in [3.8, 4) is 23.0 Å². The summed E-state index contributed by atoms with van der Waals surface area (Å²) in [5.74, 6) is 2.56. The highest BCUT2D eigenvalue weighted by atomic mass is 32.2. The van der Waals surface area contributed by atoms with E-state index in [9.17, 15) is 10.2 Å². The molecule has 0 aliphatic carbocycles. The van der Waals surface area contributed by atoms with Gasteiger partial charge in [-0.25, -0.2) is 9.67 Å². The maximum absolute atomic E-state index is 10.9. The van der Waals surface area contributed by atoms with E-state index in [0.29, 0.717) is 11.3 Å². The van der Waals surface area contributed by atoms with Gasteiger partial charge in [-0.3, -0.25) is 4.98 Å². The maximum atomic E-state index is 10.9. The lowest BCUT2D eigenvalue weighted by Gasteiger charge is -2.43. The molecule has 5 atom stereocenters. The van der Waals surface area contributed by atoms with Crippen molar-refractivity contribution in [1.82, 2.24) is 25.0 Å². The molecular weight excluding hydrogens is 438 g/mol. The summed E-state index contributed by atoms with van der Waals surface area (Å²) in [6.45, 7) is 1.55. The molecule has 3 aromatic heterocycles. The van der Waals surface area contributed by atoms with E-state index < -0.39 is 29.8 Å². The van der Waals surface area contributed by atoms with Gasteiger partial charge in [-0.1, -0.05) is 22.9 Å². The van der Waals surface area contributed by atoms with Gasteiger partial charge in [0.1, 0.15) is 40.5 Å². The Kier molecular flexibility index (Phi) is 6.66. The highest BCUT2D eigenvalue weighted by Crippen LogP contribution is 2.39. The van der Waals surface area contributed by atoms with E-state index in [4.69, 9.17) is 15.9 Å². The van der Waals surface area contributed by atoms with Crippen LogP contribution in [-0.2, 0) is 9.47 Å². The molecule has 4 rings (SSSR count). The molecule has 1 aliphatic rings. The molecule has 11 heteroatoms. The van der Waals surface area contributed by atoms with Crippen LogP contribution in [0.4, 0.5) is 0 Å². The van der Waals surface area contributed by atoms with Crippen LogP contribution >= 0.6 is 23.1 Å². The summed E-state index contributed by atoms with van der Waals surface area (Å²) in [6.07, 6.45) is 7.99. The van der Waals surface area contributed by atoms with Crippen molar-refractivity contribution in [1.29, 1.82) is 0 Å². The molecular formula is C20H21N5O4S2. The zero-order chi connectivity index (χ0) is 22.0. The van der Waals surface area contributed by atoms with E-state index in [1.165, 1.54) is 23.1 Å². The SMILES string of the molecule is C#Cc1cncc(S[C@H]2OC(CO)[C@H](O)[C@H](n3cc(-c4nc(C)cs4)nn3)C2OC)c1. The third-order valence-electron chi connectivity index (χ3n) is 4.88. The van der Waals surface area contributed by atoms with Crippen LogP contribution in [-0.4, -0.2) is 72.6 Å². The molecule has 0 aromatic carbocycles. The quantitative estimate of drug-likeness (QED) is 0.529. The van der Waals surface area contributed by atoms with E-state index in [1.54, 1.807) is 30.4 Å². The fourth-order valence-electron chi connectivity index (χ4n) is 3.40. The van der Waals surface area contributed by atoms with Gasteiger partial charge in [0.25, 0.3) is 0 Å². The zero-order valence-corrected chi connectivity index (χ0v) is 18.5. The van der Waals surface area contributed by atoms with Gasteiger partial charge in [-0.05, 0) is 13.0 Å². The van der Waals surface area contributed by atoms with Gasteiger partial charge < -0.3 is 19.7 Å². The summed E-state index contributed by atoms with van der Waals surface area (Å²) in [6, 6.07) is 1.18. The average Bonchev–Trinajstić information content (AvgIpc) is 3.43. The van der Waals surface area contributed by atoms with E-state index in [-0.39, 0.29) is 6.61 Å². The lowest BCUT2D eigenvalue weighted by Crippen LogP contribution is -2.55. The molecule has 1 aliphatic heterocycles. The number of pyridine rings is 1. The molecule has 0 amide bonds. The fourth-order valence-corrected chi connectivity index (χ4v) is 5.33. The summed E-state index contributed by atoms with van der Waals surface area (Å²) in [5.41, 5.74) is 1.59. The zero-order valence-electron chi connectivity index (χ0n) is 16.8. The molecule has 9 nitrogen and oxygen atoms in total. The average molecular weight is 460 g/mol. The molecule has 1 fully saturated rings. The second-order valence-electron chi connectivity index (χ2n) is 6.96. The molecule has 162 valence electrons. The number of thioether (sulfide) groups is 1. The van der Waals surface area contributed by atoms with Gasteiger partial charge in [0.15, 0.2) is 0 Å². The Morgan fingerprint density at radius 1 is 1.42 bits per heavy atom. The van der Waals surface area contributed by atoms with Crippen molar-refractivity contribution in [3.05, 3.63) is 41.3 Å². The number of aliphatic hydroxyl groups is 2. The van der Waals surface area contributed by atoms with Gasteiger partial charge in [0.05, 0.1) is 12.8 Å². The Balaban J connectivity index is 1.65. The van der Waals surface area contributed by atoms with E-state index in [2.05, 4.69) is 26.2 Å². The number of terminal acetylenes is 1. The molecule has 0 spiro atoms. The first-order valence-electron chi connectivity index (χ1n) is 9.44. The van der Waals surface area contributed by atoms with Crippen LogP contribution in [0.1, 0.15) is 17.3 Å². The summed E-state index contributed by atoms with van der Waals surface area (Å²) in [4.78, 5) is 9.37. The number of ether oxygens (including phenoxy) is 2. The third-order valence-corrected chi connectivity index (χ3v) is 6.97. The second-order valence-corrected chi connectivity index (χ2v) is 8.99. The number of aliphatic hydroxyl groups excluding tert-OH is 2. The molecule has 2 N–H and O–H groups in total. The highest BCUT2D eigenvalue weighted by molar-refractivity contribution is 7.99. The minimum Gasteiger partial charge on any atom is -0.394 e. The molecule has 2 unspecified atom stereocenters. The van der Waals surface area contributed by atoms with Crippen molar-refractivity contribution < 1.29 is 19.7 Å². The van der Waals surface area contributed by atoms with Gasteiger partial charge in [-0.15, -0.1) is 22.9 Å². The van der Waals surface area contributed by atoms with Crippen LogP contribution in [0.5, 0.6) is 0 Å². The fraction of sp³-hybridized carbons (Fsp3) is 0.400. The van der Waals surface area contributed by atoms with Gasteiger partial charge in [0, 0.05) is 41.0 Å². The molecule has 1 saturated heterocycles. The smallest absolute Gasteiger partial charge is 0.145 e. The molecule has 0 bridgehead atoms. The maximum Gasteiger partial charge on any atom is 0.145 e. The molecule has 0 saturated carbocycles. The normalized spacial score (nSPS) is 26.0. The van der Waals surface area contributed by atoms with Crippen LogP contribution in [0.3, 0.4) is 0 Å². The van der Waals surface area contributed by atoms with E-state index >= 15 is 0 Å². The van der Waals surface area contributed by atoms with Crippen LogP contribution in [0.15, 0.2) is 34.9 Å². The third kappa shape index (κ3) is 4.50. The van der Waals surface area contributed by atoms with Crippen LogP contribution in [0.2, 0.25) is 0 Å². The first-order valence-corrected chi connectivity index (χ1v) is 11.2. The first kappa shape index (κ1) is 21.9. The van der Waals surface area contributed by atoms with Gasteiger partial charge in [-0.2, -0.15) is 0 Å². The number of hydrogen-bond acceptors (Lipinski definition) is 10. The summed E-state index contributed by atoms with van der Waals surface area (Å²) < 4.78 is 13.2. The van der Waals surface area contributed by atoms with Gasteiger partial charge >= 0.3 is 0 Å². The predicted octanol–water partition coefficient (Wildman–Crippen LogP) is 1.51. The number of aromatic nitrogens is 5. The minimum atomic E-state index is -1.06. The molecule has 0 radical (unpaired) electrons. The minimum absolute atomic E-state index is 0.360. The Morgan fingerprint density at radius 2 is 2.26 bits per heavy atom. The molecule has 3 aromatic rings. The van der Waals surface area contributed by atoms with E-state index in [1.807, 2.05) is 18.4 Å². The second kappa shape index (κ2) is 9.44. The monoisotopic (exact) mass is 459 g/mol. The Bertz CT molecular complexity index is 1080. The van der Waals surface area contributed by atoms with Crippen molar-refractivity contribution in [2.75, 3.05) is 13.7 Å². The lowest BCUT2D eigenvalue weighted by atomic mass is 9.97. The van der Waals surface area contributed by atoms with Crippen molar-refractivity contribution >= 4 is 23.1 Å². The first-order chi connectivity index (χ1) is 15.0. The van der Waals surface area contributed by atoms with Crippen molar-refractivity contribution in [3.63, 3.8) is 0 Å². The number of aryl methyl sites for hydroxylation is 1. The van der Waals surface area contributed by atoms with E-state index in [0.717, 1.165) is 15.6 Å². The summed E-state index contributed by atoms with van der Waals surface area (Å²) in [5, 5.41) is 31.8. The number of thiazole rings is 1. The van der Waals surface area contributed by atoms with Crippen LogP contribution < -0.4 is 0 Å². The van der Waals surface area contributed by atoms with Gasteiger partial charge in [0.2, 0.25) is 0 Å². The number of nitrogens with zero attached hydrogens (tertiary/aromatic N) is 5. The Hall–Kier alpha value is -2.33. The lowest BCUT2D eigenvalue weighted by molar-refractivity contribution is -0.186. The van der Waals surface area contributed by atoms with Crippen molar-refractivity contribution in [2.45, 2.75) is 41.6 Å². The Labute approximate surface area is 187 Å². The molecule has 31 heavy (non-hydrogen) atoms. The van der Waals surface area contributed by atoms with Crippen LogP contribution in [0.25, 0.3) is 10.7 Å². The largest absolute Gasteiger partial charge is 0.394 e. The number of methoxy groups -OCH3 is 1. The molecule has 4 heterocycles. The number of rotatable bonds is 6. The summed E-state index contributed by atoms with van der Waals surface area (Å²) in [7, 11) is 1.54. The summed E-state index contributed by atoms with van der Waals surface area (Å²) >= 11 is 2.82. The van der Waals surface area contributed by atoms with Crippen LogP contribution in [0, 0.1) is 19.3 Å². The standard InChI is InChI=1S/C20H21N5O4S2/c1-4-12-5-13(7-21-6-12)31-20-18(28-3)16(17(27)15(9-26)29-20)25-8-14(23-24-25)19-22-11(2)10-30-19/h1,5-8,10,15-18,20,26-27H,9H2,2-3H3/t15?,16-,17-,18?,20+/m0/s1. The topological polar surface area (TPSA) is 115 Å². The van der Waals surface area contributed by atoms with Crippen molar-refractivity contribution in [2.24, 2.45) is 0 Å². The highest BCUT2D eigenvalue weighted by Gasteiger charge is 2.47. The number of hydrogen-bond donors (Lipinski definition) is 2. The predicted molar refractivity (Wildman–Crippen MR) is 115 cm³/mol.